The third-order valence-corrected chi connectivity index (χ3v) is 6.82. The Kier molecular flexibility index (Phi) is 8.07. The first-order valence-electron chi connectivity index (χ1n) is 12.2. The highest BCUT2D eigenvalue weighted by Crippen LogP contribution is 2.36. The molecule has 0 aliphatic carbocycles. The van der Waals surface area contributed by atoms with Crippen molar-refractivity contribution in [2.45, 2.75) is 57.5 Å². The minimum absolute atomic E-state index is 0.0885. The molecule has 0 aromatic heterocycles. The van der Waals surface area contributed by atoms with Gasteiger partial charge in [-0.25, -0.2) is 17.6 Å². The number of aryl methyl sites for hydroxylation is 3. The average Bonchev–Trinajstić information content (AvgIpc) is 2.88. The second kappa shape index (κ2) is 11.2. The van der Waals surface area contributed by atoms with Crippen molar-refractivity contribution >= 4 is 0 Å². The van der Waals surface area contributed by atoms with E-state index in [-0.39, 0.29) is 40.9 Å². The third-order valence-electron chi connectivity index (χ3n) is 6.82. The molecule has 2 unspecified atom stereocenters. The summed E-state index contributed by atoms with van der Waals surface area (Å²) in [4.78, 5) is 0. The standard InChI is InChI=1S/C30H30F4O/c1-3-5-19-6-8-20(9-7-19)10-11-21-13-15-25(29(33)27(21)31)26-17-16-24(28(32)30(26)34)22-12-14-23(4-2)35-18-22/h4,6-9,13,15-17,22-23H,2-3,5,10-12,14,18H2,1H3. The summed E-state index contributed by atoms with van der Waals surface area (Å²) in [6, 6.07) is 13.7. The zero-order chi connectivity index (χ0) is 24.9. The van der Waals surface area contributed by atoms with Crippen LogP contribution in [0.4, 0.5) is 17.6 Å². The fourth-order valence-corrected chi connectivity index (χ4v) is 4.72. The molecule has 1 aliphatic heterocycles. The lowest BCUT2D eigenvalue weighted by Crippen LogP contribution is -2.23. The zero-order valence-corrected chi connectivity index (χ0v) is 19.9. The van der Waals surface area contributed by atoms with E-state index in [2.05, 4.69) is 25.6 Å². The number of rotatable bonds is 8. The largest absolute Gasteiger partial charge is 0.374 e. The van der Waals surface area contributed by atoms with Gasteiger partial charge in [-0.1, -0.05) is 68.0 Å². The van der Waals surface area contributed by atoms with Crippen LogP contribution in [-0.4, -0.2) is 12.7 Å². The number of benzene rings is 3. The first-order valence-corrected chi connectivity index (χ1v) is 12.2. The first-order chi connectivity index (χ1) is 16.9. The topological polar surface area (TPSA) is 9.23 Å². The maximum absolute atomic E-state index is 15.0. The number of ether oxygens (including phenoxy) is 1. The molecule has 0 bridgehead atoms. The van der Waals surface area contributed by atoms with Crippen molar-refractivity contribution in [2.75, 3.05) is 6.61 Å². The predicted octanol–water partition coefficient (Wildman–Crippen LogP) is 8.10. The Balaban J connectivity index is 1.51. The van der Waals surface area contributed by atoms with Crippen LogP contribution < -0.4 is 0 Å². The fourth-order valence-electron chi connectivity index (χ4n) is 4.72. The highest BCUT2D eigenvalue weighted by molar-refractivity contribution is 5.66. The van der Waals surface area contributed by atoms with E-state index in [0.29, 0.717) is 25.7 Å². The van der Waals surface area contributed by atoms with E-state index >= 15 is 0 Å². The van der Waals surface area contributed by atoms with E-state index in [9.17, 15) is 17.6 Å². The van der Waals surface area contributed by atoms with Gasteiger partial charge in [0.25, 0.3) is 0 Å². The van der Waals surface area contributed by atoms with Gasteiger partial charge in [0.05, 0.1) is 12.7 Å². The molecule has 0 saturated carbocycles. The molecule has 2 atom stereocenters. The Hall–Kier alpha value is -2.92. The van der Waals surface area contributed by atoms with E-state index in [1.165, 1.54) is 29.8 Å². The molecule has 4 rings (SSSR count). The van der Waals surface area contributed by atoms with Gasteiger partial charge in [-0.05, 0) is 54.4 Å². The number of hydrogen-bond donors (Lipinski definition) is 0. The Bertz CT molecular complexity index is 1180. The Morgan fingerprint density at radius 2 is 1.40 bits per heavy atom. The molecule has 35 heavy (non-hydrogen) atoms. The van der Waals surface area contributed by atoms with Crippen LogP contribution in [-0.2, 0) is 24.0 Å². The van der Waals surface area contributed by atoms with Crippen LogP contribution in [0.15, 0.2) is 61.2 Å². The molecule has 1 nitrogen and oxygen atoms in total. The fraction of sp³-hybridized carbons (Fsp3) is 0.333. The van der Waals surface area contributed by atoms with Crippen molar-refractivity contribution in [3.63, 3.8) is 0 Å². The van der Waals surface area contributed by atoms with E-state index in [0.717, 1.165) is 18.4 Å². The molecule has 1 fully saturated rings. The Morgan fingerprint density at radius 3 is 2.00 bits per heavy atom. The van der Waals surface area contributed by atoms with Gasteiger partial charge in [-0.15, -0.1) is 6.58 Å². The van der Waals surface area contributed by atoms with Gasteiger partial charge < -0.3 is 4.74 Å². The summed E-state index contributed by atoms with van der Waals surface area (Å²) in [5.74, 6) is -4.70. The van der Waals surface area contributed by atoms with Crippen LogP contribution in [0.25, 0.3) is 11.1 Å². The highest BCUT2D eigenvalue weighted by Gasteiger charge is 2.27. The van der Waals surface area contributed by atoms with Crippen LogP contribution in [0.2, 0.25) is 0 Å². The SMILES string of the molecule is C=CC1CCC(c2ccc(-c3ccc(CCc4ccc(CCC)cc4)c(F)c3F)c(F)c2F)CO1. The maximum atomic E-state index is 15.0. The molecule has 0 radical (unpaired) electrons. The molecule has 5 heteroatoms. The van der Waals surface area contributed by atoms with Gasteiger partial charge >= 0.3 is 0 Å². The van der Waals surface area contributed by atoms with Crippen molar-refractivity contribution in [1.82, 2.24) is 0 Å². The molecule has 1 heterocycles. The van der Waals surface area contributed by atoms with Crippen molar-refractivity contribution < 1.29 is 22.3 Å². The van der Waals surface area contributed by atoms with E-state index in [1.807, 2.05) is 12.1 Å². The van der Waals surface area contributed by atoms with Gasteiger partial charge in [0, 0.05) is 17.0 Å². The summed E-state index contributed by atoms with van der Waals surface area (Å²) in [5.41, 5.74) is 2.10. The number of hydrogen-bond acceptors (Lipinski definition) is 1. The molecule has 0 spiro atoms. The van der Waals surface area contributed by atoms with Crippen LogP contribution >= 0.6 is 0 Å². The maximum Gasteiger partial charge on any atom is 0.167 e. The van der Waals surface area contributed by atoms with Crippen molar-refractivity contribution in [3.8, 4) is 11.1 Å². The second-order valence-electron chi connectivity index (χ2n) is 9.18. The molecule has 3 aromatic carbocycles. The van der Waals surface area contributed by atoms with E-state index < -0.39 is 23.3 Å². The summed E-state index contributed by atoms with van der Waals surface area (Å²) in [7, 11) is 0. The van der Waals surface area contributed by atoms with E-state index in [4.69, 9.17) is 4.74 Å². The zero-order valence-electron chi connectivity index (χ0n) is 19.9. The Labute approximate surface area is 204 Å². The molecule has 1 saturated heterocycles. The molecule has 184 valence electrons. The summed E-state index contributed by atoms with van der Waals surface area (Å²) in [6.45, 7) is 6.07. The van der Waals surface area contributed by atoms with Crippen LogP contribution in [0, 0.1) is 23.3 Å². The molecule has 0 amide bonds. The smallest absolute Gasteiger partial charge is 0.167 e. The molecule has 0 N–H and O–H groups in total. The summed E-state index contributed by atoms with van der Waals surface area (Å²) >= 11 is 0. The molecule has 3 aromatic rings. The summed E-state index contributed by atoms with van der Waals surface area (Å²) in [5, 5.41) is 0. The van der Waals surface area contributed by atoms with Crippen LogP contribution in [0.1, 0.15) is 54.4 Å². The molecule has 1 aliphatic rings. The lowest BCUT2D eigenvalue weighted by atomic mass is 9.89. The van der Waals surface area contributed by atoms with Crippen molar-refractivity contribution in [2.24, 2.45) is 0 Å². The van der Waals surface area contributed by atoms with Crippen molar-refractivity contribution in [3.05, 3.63) is 107 Å². The van der Waals surface area contributed by atoms with Crippen LogP contribution in [0.5, 0.6) is 0 Å². The second-order valence-corrected chi connectivity index (χ2v) is 9.18. The van der Waals surface area contributed by atoms with Gasteiger partial charge in [0.2, 0.25) is 0 Å². The van der Waals surface area contributed by atoms with Crippen LogP contribution in [0.3, 0.4) is 0 Å². The Morgan fingerprint density at radius 1 is 0.771 bits per heavy atom. The van der Waals surface area contributed by atoms with Gasteiger partial charge in [-0.3, -0.25) is 0 Å². The van der Waals surface area contributed by atoms with Crippen molar-refractivity contribution in [1.29, 1.82) is 0 Å². The lowest BCUT2D eigenvalue weighted by molar-refractivity contribution is 0.0320. The minimum atomic E-state index is -1.17. The van der Waals surface area contributed by atoms with Gasteiger partial charge in [-0.2, -0.15) is 0 Å². The van der Waals surface area contributed by atoms with Gasteiger partial charge in [0.1, 0.15) is 0 Å². The monoisotopic (exact) mass is 482 g/mol. The minimum Gasteiger partial charge on any atom is -0.374 e. The lowest BCUT2D eigenvalue weighted by Gasteiger charge is -2.28. The normalized spacial score (nSPS) is 18.0. The summed E-state index contributed by atoms with van der Waals surface area (Å²) in [6.07, 6.45) is 5.83. The van der Waals surface area contributed by atoms with E-state index in [1.54, 1.807) is 6.08 Å². The predicted molar refractivity (Wildman–Crippen MR) is 131 cm³/mol. The van der Waals surface area contributed by atoms with Gasteiger partial charge in [0.15, 0.2) is 23.3 Å². The summed E-state index contributed by atoms with van der Waals surface area (Å²) < 4.78 is 65.4. The first kappa shape index (κ1) is 25.2. The number of halogens is 4. The molecular weight excluding hydrogens is 452 g/mol. The molecular formula is C30H30F4O. The quantitative estimate of drug-likeness (QED) is 0.233. The third kappa shape index (κ3) is 5.51. The highest BCUT2D eigenvalue weighted by atomic mass is 19.2. The average molecular weight is 483 g/mol.